The highest BCUT2D eigenvalue weighted by molar-refractivity contribution is 7.16. The molecule has 0 aliphatic heterocycles. The molecule has 33 heavy (non-hydrogen) atoms. The molecular formula is C23H20N4O5S. The summed E-state index contributed by atoms with van der Waals surface area (Å²) in [7, 11) is 0. The van der Waals surface area contributed by atoms with Gasteiger partial charge >= 0.3 is 5.97 Å². The van der Waals surface area contributed by atoms with Crippen LogP contribution in [0.15, 0.2) is 65.5 Å². The van der Waals surface area contributed by atoms with Gasteiger partial charge in [-0.05, 0) is 38.1 Å². The highest BCUT2D eigenvalue weighted by atomic mass is 32.1. The molecular weight excluding hydrogens is 444 g/mol. The fourth-order valence-corrected chi connectivity index (χ4v) is 3.77. The summed E-state index contributed by atoms with van der Waals surface area (Å²) in [4.78, 5) is 42.2. The third-order valence-electron chi connectivity index (χ3n) is 4.58. The van der Waals surface area contributed by atoms with E-state index in [0.29, 0.717) is 21.4 Å². The van der Waals surface area contributed by atoms with E-state index < -0.39 is 18.0 Å². The molecule has 1 amide bonds. The number of benzene rings is 2. The van der Waals surface area contributed by atoms with E-state index >= 15 is 0 Å². The third kappa shape index (κ3) is 5.24. The highest BCUT2D eigenvalue weighted by Gasteiger charge is 2.19. The molecule has 0 aliphatic rings. The molecule has 4 rings (SSSR count). The monoisotopic (exact) mass is 464 g/mol. The first kappa shape index (κ1) is 22.2. The summed E-state index contributed by atoms with van der Waals surface area (Å²) in [6.45, 7) is 3.19. The molecule has 0 saturated heterocycles. The summed E-state index contributed by atoms with van der Waals surface area (Å²) in [6.07, 6.45) is -0.789. The summed E-state index contributed by atoms with van der Waals surface area (Å²) in [5, 5.41) is 7.48. The molecule has 10 heteroatoms. The molecule has 168 valence electrons. The van der Waals surface area contributed by atoms with Crippen LogP contribution in [-0.2, 0) is 16.1 Å². The van der Waals surface area contributed by atoms with Crippen molar-refractivity contribution < 1.29 is 19.1 Å². The van der Waals surface area contributed by atoms with E-state index in [4.69, 9.17) is 9.47 Å². The minimum absolute atomic E-state index is 0.171. The van der Waals surface area contributed by atoms with Crippen molar-refractivity contribution in [3.63, 3.8) is 0 Å². The van der Waals surface area contributed by atoms with E-state index in [1.807, 2.05) is 18.2 Å². The highest BCUT2D eigenvalue weighted by Crippen LogP contribution is 2.19. The number of carbonyl (C=O) groups excluding carboxylic acids is 2. The Labute approximate surface area is 192 Å². The number of aromatic nitrogens is 3. The Morgan fingerprint density at radius 1 is 1.12 bits per heavy atom. The first-order valence-electron chi connectivity index (χ1n) is 10.1. The number of hydrogen-bond acceptors (Lipinski definition) is 8. The van der Waals surface area contributed by atoms with Crippen molar-refractivity contribution in [1.82, 2.24) is 14.6 Å². The first-order chi connectivity index (χ1) is 15.9. The normalized spacial score (nSPS) is 11.7. The molecule has 0 spiro atoms. The Bertz CT molecular complexity index is 1370. The number of hydrogen-bond donors (Lipinski definition) is 1. The van der Waals surface area contributed by atoms with Gasteiger partial charge in [0.25, 0.3) is 11.5 Å². The Balaban J connectivity index is 1.43. The largest absolute Gasteiger partial charge is 0.481 e. The number of amides is 1. The molecule has 0 unspecified atom stereocenters. The number of anilines is 1. The molecule has 0 fully saturated rings. The molecule has 2 aromatic heterocycles. The van der Waals surface area contributed by atoms with Crippen molar-refractivity contribution >= 4 is 33.9 Å². The zero-order valence-electron chi connectivity index (χ0n) is 17.8. The van der Waals surface area contributed by atoms with Crippen molar-refractivity contribution in [2.45, 2.75) is 26.6 Å². The van der Waals surface area contributed by atoms with Gasteiger partial charge in [0.1, 0.15) is 17.4 Å². The second-order valence-corrected chi connectivity index (χ2v) is 8.25. The number of aryl methyl sites for hydroxylation is 1. The smallest absolute Gasteiger partial charge is 0.340 e. The number of nitrogens with one attached hydrogen (secondary N) is 1. The third-order valence-corrected chi connectivity index (χ3v) is 5.40. The number of para-hydroxylation sites is 2. The fraction of sp³-hybridized carbons (Fsp3) is 0.174. The maximum atomic E-state index is 12.7. The molecule has 2 heterocycles. The Kier molecular flexibility index (Phi) is 6.45. The van der Waals surface area contributed by atoms with Crippen LogP contribution in [0.4, 0.5) is 5.69 Å². The topological polar surface area (TPSA) is 112 Å². The van der Waals surface area contributed by atoms with Gasteiger partial charge in [-0.3, -0.25) is 9.59 Å². The zero-order valence-corrected chi connectivity index (χ0v) is 18.7. The molecule has 4 aromatic rings. The number of carbonyl (C=O) groups is 2. The van der Waals surface area contributed by atoms with Gasteiger partial charge in [0, 0.05) is 6.07 Å². The van der Waals surface area contributed by atoms with Crippen LogP contribution < -0.4 is 15.6 Å². The van der Waals surface area contributed by atoms with Gasteiger partial charge in [-0.25, -0.2) is 9.78 Å². The molecule has 2 aromatic carbocycles. The van der Waals surface area contributed by atoms with Gasteiger partial charge in [-0.15, -0.1) is 0 Å². The number of ether oxygens (including phenoxy) is 2. The Hall–Kier alpha value is -4.05. The van der Waals surface area contributed by atoms with Gasteiger partial charge in [0.15, 0.2) is 6.10 Å². The van der Waals surface area contributed by atoms with E-state index in [2.05, 4.69) is 15.4 Å². The standard InChI is InChI=1S/C23H20N4O5S/c1-14(32-17-8-4-3-5-9-17)21(29)25-19-11-7-6-10-18(19)22(30)31-13-16-12-20(28)27-23(24-16)33-15(2)26-27/h3-12,14H,13H2,1-2H3,(H,25,29)/t14-/m0/s1. The second-order valence-electron chi connectivity index (χ2n) is 7.09. The van der Waals surface area contributed by atoms with Crippen LogP contribution in [0.25, 0.3) is 4.96 Å². The van der Waals surface area contributed by atoms with Crippen molar-refractivity contribution in [3.8, 4) is 5.75 Å². The van der Waals surface area contributed by atoms with E-state index in [1.165, 1.54) is 21.9 Å². The predicted molar refractivity (Wildman–Crippen MR) is 123 cm³/mol. The number of rotatable bonds is 7. The minimum Gasteiger partial charge on any atom is -0.481 e. The van der Waals surface area contributed by atoms with Crippen molar-refractivity contribution in [2.75, 3.05) is 5.32 Å². The van der Waals surface area contributed by atoms with Gasteiger partial charge < -0.3 is 14.8 Å². The first-order valence-corrected chi connectivity index (χ1v) is 10.9. The lowest BCUT2D eigenvalue weighted by Crippen LogP contribution is -2.30. The number of fused-ring (bicyclic) bond motifs is 1. The maximum Gasteiger partial charge on any atom is 0.340 e. The predicted octanol–water partition coefficient (Wildman–Crippen LogP) is 3.22. The quantitative estimate of drug-likeness (QED) is 0.418. The van der Waals surface area contributed by atoms with E-state index in [0.717, 1.165) is 0 Å². The van der Waals surface area contributed by atoms with Crippen LogP contribution in [0.3, 0.4) is 0 Å². The van der Waals surface area contributed by atoms with Gasteiger partial charge in [0.2, 0.25) is 4.96 Å². The lowest BCUT2D eigenvalue weighted by molar-refractivity contribution is -0.122. The van der Waals surface area contributed by atoms with Crippen LogP contribution >= 0.6 is 11.3 Å². The van der Waals surface area contributed by atoms with Crippen molar-refractivity contribution in [3.05, 3.63) is 87.3 Å². The Morgan fingerprint density at radius 2 is 1.85 bits per heavy atom. The molecule has 1 atom stereocenters. The molecule has 0 aliphatic carbocycles. The second kappa shape index (κ2) is 9.61. The summed E-state index contributed by atoms with van der Waals surface area (Å²) in [5.41, 5.74) is 0.417. The average Bonchev–Trinajstić information content (AvgIpc) is 3.19. The van der Waals surface area contributed by atoms with Crippen LogP contribution in [0.1, 0.15) is 28.0 Å². The fourth-order valence-electron chi connectivity index (χ4n) is 3.00. The van der Waals surface area contributed by atoms with Crippen LogP contribution in [0.5, 0.6) is 5.75 Å². The van der Waals surface area contributed by atoms with Gasteiger partial charge in [0.05, 0.1) is 16.9 Å². The van der Waals surface area contributed by atoms with Gasteiger partial charge in [-0.2, -0.15) is 9.61 Å². The molecule has 1 N–H and O–H groups in total. The van der Waals surface area contributed by atoms with Crippen LogP contribution in [0.2, 0.25) is 0 Å². The van der Waals surface area contributed by atoms with E-state index in [9.17, 15) is 14.4 Å². The van der Waals surface area contributed by atoms with Crippen LogP contribution in [0, 0.1) is 6.92 Å². The number of esters is 1. The summed E-state index contributed by atoms with van der Waals surface area (Å²) < 4.78 is 12.2. The minimum atomic E-state index is -0.789. The summed E-state index contributed by atoms with van der Waals surface area (Å²) >= 11 is 1.26. The lowest BCUT2D eigenvalue weighted by Gasteiger charge is -2.16. The van der Waals surface area contributed by atoms with Crippen LogP contribution in [-0.4, -0.2) is 32.6 Å². The Morgan fingerprint density at radius 3 is 2.64 bits per heavy atom. The molecule has 0 saturated carbocycles. The molecule has 0 bridgehead atoms. The maximum absolute atomic E-state index is 12.7. The molecule has 9 nitrogen and oxygen atoms in total. The summed E-state index contributed by atoms with van der Waals surface area (Å²) in [6, 6.07) is 16.7. The van der Waals surface area contributed by atoms with Crippen molar-refractivity contribution in [1.29, 1.82) is 0 Å². The zero-order chi connectivity index (χ0) is 23.4. The SMILES string of the molecule is Cc1nn2c(=O)cc(COC(=O)c3ccccc3NC(=O)[C@H](C)Oc3ccccc3)nc2s1. The average molecular weight is 465 g/mol. The number of nitrogens with zero attached hydrogens (tertiary/aromatic N) is 3. The van der Waals surface area contributed by atoms with Gasteiger partial charge in [-0.1, -0.05) is 41.7 Å². The van der Waals surface area contributed by atoms with E-state index in [1.54, 1.807) is 50.2 Å². The van der Waals surface area contributed by atoms with Crippen molar-refractivity contribution in [2.24, 2.45) is 0 Å². The lowest BCUT2D eigenvalue weighted by atomic mass is 10.1. The molecule has 0 radical (unpaired) electrons. The van der Waals surface area contributed by atoms with E-state index in [-0.39, 0.29) is 23.4 Å². The summed E-state index contributed by atoms with van der Waals surface area (Å²) in [5.74, 6) is -0.519.